The monoisotopic (exact) mass is 378 g/mol. The molecule has 142 valence electrons. The summed E-state index contributed by atoms with van der Waals surface area (Å²) in [5, 5.41) is 4.89. The lowest BCUT2D eigenvalue weighted by molar-refractivity contribution is -0.129. The van der Waals surface area contributed by atoms with Crippen LogP contribution in [0.1, 0.15) is 41.9 Å². The van der Waals surface area contributed by atoms with Crippen LogP contribution < -0.4 is 5.32 Å². The van der Waals surface area contributed by atoms with Crippen LogP contribution in [0, 0.1) is 11.8 Å². The lowest BCUT2D eigenvalue weighted by Gasteiger charge is -2.37. The van der Waals surface area contributed by atoms with Crippen LogP contribution in [-0.4, -0.2) is 54.8 Å². The molecule has 2 amide bonds. The van der Waals surface area contributed by atoms with Gasteiger partial charge < -0.3 is 15.0 Å². The van der Waals surface area contributed by atoms with E-state index in [4.69, 9.17) is 4.74 Å². The molecule has 1 aliphatic heterocycles. The van der Waals surface area contributed by atoms with Crippen molar-refractivity contribution in [2.24, 2.45) is 11.8 Å². The fourth-order valence-corrected chi connectivity index (χ4v) is 5.04. The molecule has 0 radical (unpaired) electrons. The van der Waals surface area contributed by atoms with Crippen molar-refractivity contribution >= 4 is 28.9 Å². The Morgan fingerprint density at radius 2 is 1.92 bits per heavy atom. The molecule has 3 rings (SSSR count). The topological polar surface area (TPSA) is 75.7 Å². The highest BCUT2D eigenvalue weighted by Gasteiger charge is 2.43. The summed E-state index contributed by atoms with van der Waals surface area (Å²) in [5.74, 6) is 0.926. The van der Waals surface area contributed by atoms with Gasteiger partial charge in [0.05, 0.1) is 23.4 Å². The third-order valence-corrected chi connectivity index (χ3v) is 6.60. The smallest absolute Gasteiger partial charge is 0.227 e. The summed E-state index contributed by atoms with van der Waals surface area (Å²) < 4.78 is 5.58. The first-order chi connectivity index (χ1) is 12.4. The number of ether oxygens (including phenoxy) is 1. The highest BCUT2D eigenvalue weighted by molar-refractivity contribution is 7.12. The number of hydrogen-bond donors (Lipinski definition) is 1. The second-order valence-electron chi connectivity index (χ2n) is 7.42. The highest BCUT2D eigenvalue weighted by Crippen LogP contribution is 2.37. The van der Waals surface area contributed by atoms with Crippen molar-refractivity contribution in [1.29, 1.82) is 0 Å². The van der Waals surface area contributed by atoms with Crippen molar-refractivity contribution < 1.29 is 19.1 Å². The summed E-state index contributed by atoms with van der Waals surface area (Å²) in [7, 11) is 1.68. The number of hydrogen-bond acceptors (Lipinski definition) is 5. The average molecular weight is 378 g/mol. The zero-order valence-corrected chi connectivity index (χ0v) is 16.3. The maximum absolute atomic E-state index is 12.7. The Kier molecular flexibility index (Phi) is 5.77. The van der Waals surface area contributed by atoms with E-state index in [1.807, 2.05) is 16.3 Å². The van der Waals surface area contributed by atoms with Gasteiger partial charge in [-0.25, -0.2) is 0 Å². The SMILES string of the molecule is CO[C@@H]1C[C@H]2CN(C(=O)Cc3csc(C(C)=O)c3)C[C@H]2C[C@H]1NC(C)=O. The van der Waals surface area contributed by atoms with Crippen molar-refractivity contribution in [3.63, 3.8) is 0 Å². The van der Waals surface area contributed by atoms with Crippen LogP contribution in [0.25, 0.3) is 0 Å². The van der Waals surface area contributed by atoms with E-state index in [1.165, 1.54) is 18.3 Å². The van der Waals surface area contributed by atoms with Crippen molar-refractivity contribution in [2.45, 2.75) is 45.3 Å². The molecule has 1 N–H and O–H groups in total. The van der Waals surface area contributed by atoms with Crippen LogP contribution in [0.3, 0.4) is 0 Å². The summed E-state index contributed by atoms with van der Waals surface area (Å²) in [5.41, 5.74) is 0.908. The number of carbonyl (C=O) groups excluding carboxylic acids is 3. The number of methoxy groups -OCH3 is 1. The van der Waals surface area contributed by atoms with E-state index in [-0.39, 0.29) is 29.7 Å². The van der Waals surface area contributed by atoms with Crippen LogP contribution in [-0.2, 0) is 20.7 Å². The standard InChI is InChI=1S/C19H26N2O4S/c1-11(22)18-4-13(10-26-18)5-19(24)21-8-14-6-16(20-12(2)23)17(25-3)7-15(14)9-21/h4,10,14-17H,5-9H2,1-3H3,(H,20,23)/t14-,15+,16-,17-/m1/s1. The van der Waals surface area contributed by atoms with Crippen LogP contribution >= 0.6 is 11.3 Å². The molecular formula is C19H26N2O4S. The Bertz CT molecular complexity index is 701. The van der Waals surface area contributed by atoms with Crippen molar-refractivity contribution in [1.82, 2.24) is 10.2 Å². The van der Waals surface area contributed by atoms with Crippen LogP contribution in [0.4, 0.5) is 0 Å². The molecule has 2 fully saturated rings. The number of likely N-dealkylation sites (tertiary alicyclic amines) is 1. The van der Waals surface area contributed by atoms with Crippen LogP contribution in [0.15, 0.2) is 11.4 Å². The summed E-state index contributed by atoms with van der Waals surface area (Å²) >= 11 is 1.39. The quantitative estimate of drug-likeness (QED) is 0.794. The molecule has 2 heterocycles. The maximum atomic E-state index is 12.7. The van der Waals surface area contributed by atoms with E-state index in [0.717, 1.165) is 31.5 Å². The summed E-state index contributed by atoms with van der Waals surface area (Å²) in [4.78, 5) is 38.2. The van der Waals surface area contributed by atoms with Gasteiger partial charge in [0, 0.05) is 27.1 Å². The lowest BCUT2D eigenvalue weighted by Crippen LogP contribution is -2.49. The minimum atomic E-state index is -0.0415. The predicted octanol–water partition coefficient (Wildman–Crippen LogP) is 1.88. The molecule has 0 spiro atoms. The summed E-state index contributed by atoms with van der Waals surface area (Å²) in [6.07, 6.45) is 2.05. The largest absolute Gasteiger partial charge is 0.379 e. The number of Topliss-reactive ketones (excluding diaryl/α,β-unsaturated/α-hetero) is 1. The zero-order chi connectivity index (χ0) is 18.8. The third-order valence-electron chi connectivity index (χ3n) is 5.52. The number of carbonyl (C=O) groups is 3. The second-order valence-corrected chi connectivity index (χ2v) is 8.33. The maximum Gasteiger partial charge on any atom is 0.227 e. The minimum absolute atomic E-state index is 0.00482. The fraction of sp³-hybridized carbons (Fsp3) is 0.632. The molecular weight excluding hydrogens is 352 g/mol. The summed E-state index contributed by atoms with van der Waals surface area (Å²) in [6.45, 7) is 4.55. The van der Waals surface area contributed by atoms with Crippen LogP contribution in [0.2, 0.25) is 0 Å². The zero-order valence-electron chi connectivity index (χ0n) is 15.5. The Morgan fingerprint density at radius 3 is 2.50 bits per heavy atom. The number of amides is 2. The molecule has 4 atom stereocenters. The van der Waals surface area contributed by atoms with Crippen molar-refractivity contribution in [3.05, 3.63) is 21.9 Å². The van der Waals surface area contributed by atoms with Gasteiger partial charge in [-0.15, -0.1) is 11.3 Å². The van der Waals surface area contributed by atoms with E-state index in [0.29, 0.717) is 23.1 Å². The minimum Gasteiger partial charge on any atom is -0.379 e. The van der Waals surface area contributed by atoms with Gasteiger partial charge in [0.2, 0.25) is 11.8 Å². The number of thiophene rings is 1. The van der Waals surface area contributed by atoms with Gasteiger partial charge in [0.15, 0.2) is 5.78 Å². The third kappa shape index (κ3) is 4.15. The van der Waals surface area contributed by atoms with Gasteiger partial charge in [0.25, 0.3) is 0 Å². The Hall–Kier alpha value is -1.73. The van der Waals surface area contributed by atoms with E-state index in [9.17, 15) is 14.4 Å². The first kappa shape index (κ1) is 19.0. The number of nitrogens with one attached hydrogen (secondary N) is 1. The second kappa shape index (κ2) is 7.88. The Morgan fingerprint density at radius 1 is 1.23 bits per heavy atom. The molecule has 0 bridgehead atoms. The first-order valence-electron chi connectivity index (χ1n) is 9.03. The molecule has 1 aromatic heterocycles. The van der Waals surface area contributed by atoms with Crippen molar-refractivity contribution in [2.75, 3.05) is 20.2 Å². The molecule has 1 saturated carbocycles. The molecule has 0 aromatic carbocycles. The fourth-order valence-electron chi connectivity index (χ4n) is 4.23. The molecule has 1 aromatic rings. The van der Waals surface area contributed by atoms with E-state index in [2.05, 4.69) is 5.32 Å². The molecule has 2 aliphatic rings. The van der Waals surface area contributed by atoms with Crippen molar-refractivity contribution in [3.8, 4) is 0 Å². The lowest BCUT2D eigenvalue weighted by atomic mass is 9.77. The van der Waals surface area contributed by atoms with E-state index >= 15 is 0 Å². The van der Waals surface area contributed by atoms with Gasteiger partial charge in [0.1, 0.15) is 0 Å². The number of nitrogens with zero attached hydrogens (tertiary/aromatic N) is 1. The van der Waals surface area contributed by atoms with Gasteiger partial charge in [-0.1, -0.05) is 0 Å². The molecule has 0 unspecified atom stereocenters. The highest BCUT2D eigenvalue weighted by atomic mass is 32.1. The van der Waals surface area contributed by atoms with Gasteiger partial charge >= 0.3 is 0 Å². The number of rotatable bonds is 5. The summed E-state index contributed by atoms with van der Waals surface area (Å²) in [6, 6.07) is 1.84. The Labute approximate surface area is 157 Å². The van der Waals surface area contributed by atoms with E-state index in [1.54, 1.807) is 14.0 Å². The van der Waals surface area contributed by atoms with E-state index < -0.39 is 0 Å². The van der Waals surface area contributed by atoms with Gasteiger partial charge in [-0.05, 0) is 48.6 Å². The predicted molar refractivity (Wildman–Crippen MR) is 99.2 cm³/mol. The first-order valence-corrected chi connectivity index (χ1v) is 9.91. The molecule has 1 aliphatic carbocycles. The molecule has 26 heavy (non-hydrogen) atoms. The normalized spacial score (nSPS) is 27.9. The van der Waals surface area contributed by atoms with Gasteiger partial charge in [-0.3, -0.25) is 14.4 Å². The molecule has 6 nitrogen and oxygen atoms in total. The average Bonchev–Trinajstić information content (AvgIpc) is 3.19. The molecule has 1 saturated heterocycles. The van der Waals surface area contributed by atoms with Gasteiger partial charge in [-0.2, -0.15) is 0 Å². The molecule has 7 heteroatoms. The van der Waals surface area contributed by atoms with Crippen LogP contribution in [0.5, 0.6) is 0 Å². The number of fused-ring (bicyclic) bond motifs is 1. The number of ketones is 1. The Balaban J connectivity index is 1.61.